The number of aliphatic imine (C=N–C) groups is 1. The van der Waals surface area contributed by atoms with Crippen LogP contribution >= 0.6 is 0 Å². The second kappa shape index (κ2) is 1.93. The molecule has 1 fully saturated rings. The average Bonchev–Trinajstić information content (AvgIpc) is 2.14. The van der Waals surface area contributed by atoms with Crippen molar-refractivity contribution in [3.8, 4) is 0 Å². The number of hydrogen-bond donors (Lipinski definition) is 1. The van der Waals surface area contributed by atoms with Crippen molar-refractivity contribution in [2.45, 2.75) is 6.42 Å². The molecule has 0 amide bonds. The standard InChI is InChI=1S/C4H8N2O/c1-5-4-2-3-7-6-4/h2-3H2,1H3,(H,5,6). The van der Waals surface area contributed by atoms with Gasteiger partial charge in [0.2, 0.25) is 0 Å². The molecule has 1 aliphatic heterocycles. The molecule has 0 spiro atoms. The third-order valence-electron chi connectivity index (χ3n) is 0.901. The van der Waals surface area contributed by atoms with Crippen LogP contribution in [0, 0.1) is 0 Å². The molecule has 0 aromatic rings. The molecule has 0 aromatic carbocycles. The van der Waals surface area contributed by atoms with Crippen molar-refractivity contribution < 1.29 is 4.84 Å². The van der Waals surface area contributed by atoms with Gasteiger partial charge in [-0.1, -0.05) is 0 Å². The molecule has 0 radical (unpaired) electrons. The lowest BCUT2D eigenvalue weighted by Crippen LogP contribution is -2.11. The molecule has 0 unspecified atom stereocenters. The molecule has 1 heterocycles. The molecule has 0 aliphatic carbocycles. The summed E-state index contributed by atoms with van der Waals surface area (Å²) < 4.78 is 0. The molecule has 1 N–H and O–H groups in total. The quantitative estimate of drug-likeness (QED) is 0.462. The van der Waals surface area contributed by atoms with Crippen LogP contribution in [0.2, 0.25) is 0 Å². The van der Waals surface area contributed by atoms with E-state index < -0.39 is 0 Å². The second-order valence-corrected chi connectivity index (χ2v) is 1.37. The van der Waals surface area contributed by atoms with E-state index in [9.17, 15) is 0 Å². The van der Waals surface area contributed by atoms with E-state index in [-0.39, 0.29) is 0 Å². The van der Waals surface area contributed by atoms with Crippen LogP contribution in [0.5, 0.6) is 0 Å². The van der Waals surface area contributed by atoms with Crippen molar-refractivity contribution >= 4 is 5.84 Å². The summed E-state index contributed by atoms with van der Waals surface area (Å²) in [4.78, 5) is 8.64. The predicted octanol–water partition coefficient (Wildman–Crippen LogP) is -0.0604. The predicted molar refractivity (Wildman–Crippen MR) is 27.1 cm³/mol. The number of nitrogens with zero attached hydrogens (tertiary/aromatic N) is 1. The summed E-state index contributed by atoms with van der Waals surface area (Å²) >= 11 is 0. The lowest BCUT2D eigenvalue weighted by molar-refractivity contribution is 0.122. The zero-order chi connectivity index (χ0) is 5.11. The largest absolute Gasteiger partial charge is 0.275 e. The zero-order valence-corrected chi connectivity index (χ0v) is 4.27. The molecule has 0 saturated carbocycles. The van der Waals surface area contributed by atoms with E-state index in [1.54, 1.807) is 7.05 Å². The molecule has 3 nitrogen and oxygen atoms in total. The molecule has 40 valence electrons. The van der Waals surface area contributed by atoms with Gasteiger partial charge in [0, 0.05) is 13.5 Å². The Balaban J connectivity index is 2.41. The van der Waals surface area contributed by atoms with Crippen molar-refractivity contribution in [3.05, 3.63) is 0 Å². The Hall–Kier alpha value is -0.570. The van der Waals surface area contributed by atoms with E-state index in [0.29, 0.717) is 0 Å². The van der Waals surface area contributed by atoms with Gasteiger partial charge in [0.25, 0.3) is 0 Å². The smallest absolute Gasteiger partial charge is 0.122 e. The van der Waals surface area contributed by atoms with Gasteiger partial charge in [-0.2, -0.15) is 0 Å². The third-order valence-corrected chi connectivity index (χ3v) is 0.901. The number of amidine groups is 1. The summed E-state index contributed by atoms with van der Waals surface area (Å²) in [6, 6.07) is 0. The van der Waals surface area contributed by atoms with Crippen molar-refractivity contribution in [3.63, 3.8) is 0 Å². The van der Waals surface area contributed by atoms with Crippen LogP contribution in [0.1, 0.15) is 6.42 Å². The number of nitrogens with one attached hydrogen (secondary N) is 1. The van der Waals surface area contributed by atoms with E-state index >= 15 is 0 Å². The van der Waals surface area contributed by atoms with E-state index in [2.05, 4.69) is 10.5 Å². The van der Waals surface area contributed by atoms with Crippen LogP contribution in [0.4, 0.5) is 0 Å². The minimum absolute atomic E-state index is 0.757. The van der Waals surface area contributed by atoms with E-state index in [4.69, 9.17) is 4.84 Å². The normalized spacial score (nSPS) is 25.6. The molecule has 0 atom stereocenters. The summed E-state index contributed by atoms with van der Waals surface area (Å²) in [5.74, 6) is 0.944. The summed E-state index contributed by atoms with van der Waals surface area (Å²) in [6.07, 6.45) is 0.927. The highest BCUT2D eigenvalue weighted by molar-refractivity contribution is 5.82. The lowest BCUT2D eigenvalue weighted by Gasteiger charge is -1.88. The fourth-order valence-electron chi connectivity index (χ4n) is 0.491. The third kappa shape index (κ3) is 0.899. The van der Waals surface area contributed by atoms with Crippen molar-refractivity contribution in [1.82, 2.24) is 5.48 Å². The Bertz CT molecular complexity index is 81.7. The monoisotopic (exact) mass is 100 g/mol. The van der Waals surface area contributed by atoms with Crippen molar-refractivity contribution in [2.24, 2.45) is 4.99 Å². The molecule has 7 heavy (non-hydrogen) atoms. The van der Waals surface area contributed by atoms with Gasteiger partial charge in [0.1, 0.15) is 5.84 Å². The molecule has 3 heteroatoms. The molecular weight excluding hydrogens is 92.1 g/mol. The van der Waals surface area contributed by atoms with E-state index in [1.165, 1.54) is 0 Å². The highest BCUT2D eigenvalue weighted by Crippen LogP contribution is 1.90. The van der Waals surface area contributed by atoms with Gasteiger partial charge >= 0.3 is 0 Å². The van der Waals surface area contributed by atoms with Crippen LogP contribution in [0.3, 0.4) is 0 Å². The highest BCUT2D eigenvalue weighted by Gasteiger charge is 2.03. The van der Waals surface area contributed by atoms with Crippen molar-refractivity contribution in [2.75, 3.05) is 13.7 Å². The fourth-order valence-corrected chi connectivity index (χ4v) is 0.491. The Labute approximate surface area is 42.3 Å². The number of hydroxylamine groups is 1. The molecule has 0 bridgehead atoms. The van der Waals surface area contributed by atoms with Crippen LogP contribution in [-0.2, 0) is 4.84 Å². The summed E-state index contributed by atoms with van der Waals surface area (Å²) in [5.41, 5.74) is 2.66. The summed E-state index contributed by atoms with van der Waals surface area (Å²) in [6.45, 7) is 0.757. The van der Waals surface area contributed by atoms with Gasteiger partial charge in [-0.25, -0.2) is 0 Å². The molecular formula is C4H8N2O. The minimum Gasteiger partial charge on any atom is -0.275 e. The van der Waals surface area contributed by atoms with Gasteiger partial charge < -0.3 is 0 Å². The average molecular weight is 100 g/mol. The Morgan fingerprint density at radius 2 is 2.71 bits per heavy atom. The topological polar surface area (TPSA) is 33.6 Å². The van der Waals surface area contributed by atoms with E-state index in [1.807, 2.05) is 0 Å². The van der Waals surface area contributed by atoms with Gasteiger partial charge in [0.15, 0.2) is 0 Å². The molecule has 1 aliphatic rings. The zero-order valence-electron chi connectivity index (χ0n) is 4.27. The van der Waals surface area contributed by atoms with E-state index in [0.717, 1.165) is 18.9 Å². The fraction of sp³-hybridized carbons (Fsp3) is 0.750. The van der Waals surface area contributed by atoms with Crippen LogP contribution in [-0.4, -0.2) is 19.5 Å². The first kappa shape index (κ1) is 4.59. The lowest BCUT2D eigenvalue weighted by atomic mass is 10.4. The summed E-state index contributed by atoms with van der Waals surface area (Å²) in [7, 11) is 1.75. The number of hydrogen-bond acceptors (Lipinski definition) is 2. The highest BCUT2D eigenvalue weighted by atomic mass is 16.7. The first-order chi connectivity index (χ1) is 3.43. The second-order valence-electron chi connectivity index (χ2n) is 1.37. The maximum absolute atomic E-state index is 4.77. The van der Waals surface area contributed by atoms with Gasteiger partial charge in [-0.15, -0.1) is 0 Å². The summed E-state index contributed by atoms with van der Waals surface area (Å²) in [5, 5.41) is 0. The van der Waals surface area contributed by atoms with Gasteiger partial charge in [-0.05, 0) is 0 Å². The van der Waals surface area contributed by atoms with Gasteiger partial charge in [0.05, 0.1) is 6.61 Å². The molecule has 0 aromatic heterocycles. The maximum Gasteiger partial charge on any atom is 0.122 e. The first-order valence-electron chi connectivity index (χ1n) is 2.27. The molecule has 1 rings (SSSR count). The minimum atomic E-state index is 0.757. The number of rotatable bonds is 0. The molecule has 1 saturated heterocycles. The van der Waals surface area contributed by atoms with Crippen molar-refractivity contribution in [1.29, 1.82) is 0 Å². The van der Waals surface area contributed by atoms with Gasteiger partial charge in [-0.3, -0.25) is 15.3 Å². The maximum atomic E-state index is 4.77. The van der Waals surface area contributed by atoms with Crippen LogP contribution < -0.4 is 5.48 Å². The Kier molecular flexibility index (Phi) is 1.26. The van der Waals surface area contributed by atoms with Crippen LogP contribution in [0.25, 0.3) is 0 Å². The first-order valence-corrected chi connectivity index (χ1v) is 2.27. The SMILES string of the molecule is CN=C1CCON1. The Morgan fingerprint density at radius 3 is 3.00 bits per heavy atom. The Morgan fingerprint density at radius 1 is 1.86 bits per heavy atom. The van der Waals surface area contributed by atoms with Crippen LogP contribution in [0.15, 0.2) is 4.99 Å².